The molecular weight excluding hydrogens is 402 g/mol. The van der Waals surface area contributed by atoms with Gasteiger partial charge in [-0.1, -0.05) is 49.6 Å². The van der Waals surface area contributed by atoms with Crippen molar-refractivity contribution in [3.05, 3.63) is 59.8 Å². The number of nitrogens with zero attached hydrogens (tertiary/aromatic N) is 1. The van der Waals surface area contributed by atoms with Crippen LogP contribution in [0.1, 0.15) is 43.6 Å². The minimum atomic E-state index is -3.41. The van der Waals surface area contributed by atoms with E-state index in [0.717, 1.165) is 18.2 Å². The summed E-state index contributed by atoms with van der Waals surface area (Å²) in [7, 11) is -3.41. The number of hydrogen-bond donors (Lipinski definition) is 3. The van der Waals surface area contributed by atoms with Crippen LogP contribution in [0, 0.1) is 11.3 Å². The van der Waals surface area contributed by atoms with Crippen molar-refractivity contribution in [1.82, 2.24) is 10.0 Å². The monoisotopic (exact) mass is 433 g/mol. The summed E-state index contributed by atoms with van der Waals surface area (Å²) in [5.41, 5.74) is 1.74. The molecule has 1 aromatic carbocycles. The maximum Gasteiger partial charge on any atom is 0.209 e. The number of nitriles is 1. The van der Waals surface area contributed by atoms with Gasteiger partial charge >= 0.3 is 0 Å². The average Bonchev–Trinajstić information content (AvgIpc) is 2.76. The molecule has 1 saturated carbocycles. The Morgan fingerprint density at radius 1 is 1.20 bits per heavy atom. The molecule has 1 aliphatic carbocycles. The third kappa shape index (κ3) is 12.2. The van der Waals surface area contributed by atoms with Gasteiger partial charge in [-0.25, -0.2) is 13.1 Å². The van der Waals surface area contributed by atoms with Crippen molar-refractivity contribution in [1.29, 1.82) is 5.26 Å². The van der Waals surface area contributed by atoms with E-state index in [2.05, 4.69) is 35.6 Å². The molecule has 8 heteroatoms. The second-order valence-corrected chi connectivity index (χ2v) is 8.86. The number of hydrogen-bond acceptors (Lipinski definition) is 6. The van der Waals surface area contributed by atoms with Crippen LogP contribution in [-0.4, -0.2) is 45.3 Å². The van der Waals surface area contributed by atoms with E-state index in [1.165, 1.54) is 44.4 Å². The first-order valence-corrected chi connectivity index (χ1v) is 11.9. The molecule has 0 aliphatic heterocycles. The van der Waals surface area contributed by atoms with Crippen LogP contribution in [-0.2, 0) is 14.8 Å². The van der Waals surface area contributed by atoms with Gasteiger partial charge in [0.15, 0.2) is 5.78 Å². The topological polar surface area (TPSA) is 119 Å². The lowest BCUT2D eigenvalue weighted by Gasteiger charge is -2.21. The number of sulfonamides is 1. The number of aliphatic hydroxyl groups is 1. The Morgan fingerprint density at radius 2 is 1.87 bits per heavy atom. The summed E-state index contributed by atoms with van der Waals surface area (Å²) in [6, 6.07) is 12.8. The Labute approximate surface area is 179 Å². The standard InChI is InChI=1S/C12H16.C10H15N3O4S/c1-3-7-11(8-4-1)12-9-5-2-6-10-12;1-18(16,17)13-8-10(15)3-2-9(6-11)7-12-4-5-14/h1,3-4,7-8,12H,2,5-6,9-10H2;2-3,7,12-14H,4-5,8H2,1H3/b;3-2-,9-7+. The van der Waals surface area contributed by atoms with Gasteiger partial charge in [0, 0.05) is 12.7 Å². The molecule has 0 atom stereocenters. The van der Waals surface area contributed by atoms with Gasteiger partial charge in [0.1, 0.15) is 6.07 Å². The van der Waals surface area contributed by atoms with Crippen molar-refractivity contribution in [3.8, 4) is 6.07 Å². The summed E-state index contributed by atoms with van der Waals surface area (Å²) < 4.78 is 23.5. The van der Waals surface area contributed by atoms with Gasteiger partial charge in [-0.05, 0) is 36.5 Å². The molecule has 0 amide bonds. The predicted molar refractivity (Wildman–Crippen MR) is 118 cm³/mol. The lowest BCUT2D eigenvalue weighted by Crippen LogP contribution is -2.27. The van der Waals surface area contributed by atoms with Gasteiger partial charge in [0.05, 0.1) is 25.0 Å². The quantitative estimate of drug-likeness (QED) is 0.238. The fraction of sp³-hybridized carbons (Fsp3) is 0.455. The fourth-order valence-corrected chi connectivity index (χ4v) is 3.37. The smallest absolute Gasteiger partial charge is 0.209 e. The summed E-state index contributed by atoms with van der Waals surface area (Å²) in [5.74, 6) is 0.392. The first-order chi connectivity index (χ1) is 14.4. The zero-order chi connectivity index (χ0) is 22.2. The molecule has 0 saturated heterocycles. The number of carbonyl (C=O) groups excluding carboxylic acids is 1. The van der Waals surface area contributed by atoms with Crippen LogP contribution >= 0.6 is 0 Å². The number of rotatable bonds is 9. The number of aliphatic hydroxyl groups excluding tert-OH is 1. The van der Waals surface area contributed by atoms with E-state index in [1.54, 1.807) is 5.56 Å². The number of carbonyl (C=O) groups is 1. The predicted octanol–water partition coefficient (Wildman–Crippen LogP) is 2.38. The second-order valence-electron chi connectivity index (χ2n) is 7.03. The van der Waals surface area contributed by atoms with E-state index in [4.69, 9.17) is 10.4 Å². The largest absolute Gasteiger partial charge is 0.395 e. The molecule has 0 bridgehead atoms. The van der Waals surface area contributed by atoms with Gasteiger partial charge in [0.25, 0.3) is 0 Å². The Bertz CT molecular complexity index is 837. The highest BCUT2D eigenvalue weighted by Gasteiger charge is 2.14. The summed E-state index contributed by atoms with van der Waals surface area (Å²) >= 11 is 0. The van der Waals surface area contributed by atoms with E-state index in [9.17, 15) is 13.2 Å². The molecule has 0 aromatic heterocycles. The molecule has 0 heterocycles. The van der Waals surface area contributed by atoms with Gasteiger partial charge < -0.3 is 10.4 Å². The van der Waals surface area contributed by atoms with Gasteiger partial charge in [0.2, 0.25) is 10.0 Å². The minimum Gasteiger partial charge on any atom is -0.395 e. The molecule has 0 spiro atoms. The van der Waals surface area contributed by atoms with Crippen LogP contribution in [0.5, 0.6) is 0 Å². The summed E-state index contributed by atoms with van der Waals surface area (Å²) in [6.07, 6.45) is 11.8. The molecule has 1 fully saturated rings. The Kier molecular flexibility index (Phi) is 12.4. The number of ketones is 1. The van der Waals surface area contributed by atoms with E-state index < -0.39 is 15.8 Å². The summed E-state index contributed by atoms with van der Waals surface area (Å²) in [5, 5.41) is 19.9. The van der Waals surface area contributed by atoms with E-state index >= 15 is 0 Å². The summed E-state index contributed by atoms with van der Waals surface area (Å²) in [6.45, 7) is -0.128. The van der Waals surface area contributed by atoms with Gasteiger partial charge in [-0.3, -0.25) is 4.79 Å². The number of benzene rings is 1. The summed E-state index contributed by atoms with van der Waals surface area (Å²) in [4.78, 5) is 11.2. The van der Waals surface area contributed by atoms with Crippen molar-refractivity contribution in [2.45, 2.75) is 38.0 Å². The zero-order valence-electron chi connectivity index (χ0n) is 17.4. The van der Waals surface area contributed by atoms with E-state index in [-0.39, 0.29) is 18.7 Å². The minimum absolute atomic E-state index is 0.0733. The maximum absolute atomic E-state index is 11.2. The van der Waals surface area contributed by atoms with E-state index in [0.29, 0.717) is 6.54 Å². The van der Waals surface area contributed by atoms with Crippen molar-refractivity contribution < 1.29 is 18.3 Å². The molecule has 164 valence electrons. The van der Waals surface area contributed by atoms with Crippen LogP contribution in [0.4, 0.5) is 0 Å². The Morgan fingerprint density at radius 3 is 2.43 bits per heavy atom. The number of allylic oxidation sites excluding steroid dienone is 2. The van der Waals surface area contributed by atoms with Crippen LogP contribution < -0.4 is 10.0 Å². The molecule has 7 nitrogen and oxygen atoms in total. The van der Waals surface area contributed by atoms with E-state index in [1.807, 2.05) is 10.8 Å². The van der Waals surface area contributed by atoms with Crippen LogP contribution in [0.2, 0.25) is 0 Å². The Balaban J connectivity index is 0.000000321. The normalized spacial score (nSPS) is 15.2. The molecule has 0 unspecified atom stereocenters. The molecule has 2 rings (SSSR count). The van der Waals surface area contributed by atoms with Gasteiger partial charge in [-0.2, -0.15) is 5.26 Å². The maximum atomic E-state index is 11.2. The van der Waals surface area contributed by atoms with Gasteiger partial charge in [-0.15, -0.1) is 0 Å². The highest BCUT2D eigenvalue weighted by Crippen LogP contribution is 2.32. The lowest BCUT2D eigenvalue weighted by molar-refractivity contribution is -0.113. The van der Waals surface area contributed by atoms with Crippen molar-refractivity contribution in [2.24, 2.45) is 0 Å². The molecular formula is C22H31N3O4S. The average molecular weight is 434 g/mol. The zero-order valence-corrected chi connectivity index (χ0v) is 18.2. The highest BCUT2D eigenvalue weighted by atomic mass is 32.2. The first kappa shape index (κ1) is 25.6. The highest BCUT2D eigenvalue weighted by molar-refractivity contribution is 7.88. The Hall–Kier alpha value is -2.47. The third-order valence-corrected chi connectivity index (χ3v) is 5.15. The third-order valence-electron chi connectivity index (χ3n) is 4.48. The molecule has 1 aliphatic rings. The molecule has 1 aromatic rings. The van der Waals surface area contributed by atoms with Crippen LogP contribution in [0.3, 0.4) is 0 Å². The van der Waals surface area contributed by atoms with Crippen molar-refractivity contribution >= 4 is 15.8 Å². The van der Waals surface area contributed by atoms with Crippen molar-refractivity contribution in [2.75, 3.05) is 26.0 Å². The van der Waals surface area contributed by atoms with Crippen molar-refractivity contribution in [3.63, 3.8) is 0 Å². The fourth-order valence-electron chi connectivity index (χ4n) is 2.97. The van der Waals surface area contributed by atoms with Crippen LogP contribution in [0.15, 0.2) is 54.3 Å². The van der Waals surface area contributed by atoms with Crippen LogP contribution in [0.25, 0.3) is 0 Å². The lowest BCUT2D eigenvalue weighted by atomic mass is 9.84. The molecule has 30 heavy (non-hydrogen) atoms. The SMILES string of the molecule is CS(=O)(=O)NCC(=O)/C=C\C(C#N)=C/NCCO.c1ccc(C2CCCCC2)cc1. The molecule has 3 N–H and O–H groups in total. The molecule has 0 radical (unpaired) electrons. The second kappa shape index (κ2) is 14.5. The first-order valence-electron chi connectivity index (χ1n) is 10.0. The number of nitrogens with one attached hydrogen (secondary N) is 2.